The van der Waals surface area contributed by atoms with Crippen molar-refractivity contribution in [2.75, 3.05) is 6.54 Å². The normalized spacial score (nSPS) is 11.1. The fraction of sp³-hybridized carbons (Fsp3) is 0.400. The molecule has 0 saturated carbocycles. The molecule has 114 valence electrons. The van der Waals surface area contributed by atoms with Crippen molar-refractivity contribution in [3.63, 3.8) is 0 Å². The Balaban J connectivity index is 1.86. The van der Waals surface area contributed by atoms with Gasteiger partial charge in [-0.2, -0.15) is 0 Å². The SMILES string of the molecule is CC(C)CNCc1cc(COc2cc(Br)ccc2F)on1. The molecule has 1 N–H and O–H groups in total. The maximum absolute atomic E-state index is 13.5. The molecule has 1 heterocycles. The summed E-state index contributed by atoms with van der Waals surface area (Å²) in [6.07, 6.45) is 0. The van der Waals surface area contributed by atoms with Crippen LogP contribution in [0.25, 0.3) is 0 Å². The van der Waals surface area contributed by atoms with Crippen LogP contribution in [-0.4, -0.2) is 11.7 Å². The van der Waals surface area contributed by atoms with Crippen molar-refractivity contribution >= 4 is 15.9 Å². The second kappa shape index (κ2) is 7.56. The third kappa shape index (κ3) is 5.13. The quantitative estimate of drug-likeness (QED) is 0.817. The van der Waals surface area contributed by atoms with Gasteiger partial charge in [-0.15, -0.1) is 0 Å². The van der Waals surface area contributed by atoms with Crippen LogP contribution in [0.15, 0.2) is 33.3 Å². The molecule has 21 heavy (non-hydrogen) atoms. The van der Waals surface area contributed by atoms with E-state index in [2.05, 4.69) is 40.3 Å². The summed E-state index contributed by atoms with van der Waals surface area (Å²) in [5.41, 5.74) is 0.809. The summed E-state index contributed by atoms with van der Waals surface area (Å²) in [6.45, 7) is 5.99. The number of nitrogens with zero attached hydrogens (tertiary/aromatic N) is 1. The zero-order chi connectivity index (χ0) is 15.2. The smallest absolute Gasteiger partial charge is 0.174 e. The van der Waals surface area contributed by atoms with Crippen molar-refractivity contribution in [2.24, 2.45) is 5.92 Å². The minimum absolute atomic E-state index is 0.143. The summed E-state index contributed by atoms with van der Waals surface area (Å²) in [6, 6.07) is 6.36. The first kappa shape index (κ1) is 16.0. The van der Waals surface area contributed by atoms with Crippen molar-refractivity contribution < 1.29 is 13.7 Å². The number of aromatic nitrogens is 1. The second-order valence-corrected chi connectivity index (χ2v) is 6.09. The van der Waals surface area contributed by atoms with Crippen LogP contribution in [0.2, 0.25) is 0 Å². The van der Waals surface area contributed by atoms with Crippen molar-refractivity contribution in [3.05, 3.63) is 46.0 Å². The van der Waals surface area contributed by atoms with E-state index in [1.165, 1.54) is 6.07 Å². The van der Waals surface area contributed by atoms with Crippen molar-refractivity contribution in [2.45, 2.75) is 27.0 Å². The molecule has 0 fully saturated rings. The number of halogens is 2. The van der Waals surface area contributed by atoms with Crippen LogP contribution in [0.1, 0.15) is 25.3 Å². The van der Waals surface area contributed by atoms with Crippen LogP contribution < -0.4 is 10.1 Å². The summed E-state index contributed by atoms with van der Waals surface area (Å²) < 4.78 is 24.8. The third-order valence-electron chi connectivity index (χ3n) is 2.73. The zero-order valence-corrected chi connectivity index (χ0v) is 13.6. The van der Waals surface area contributed by atoms with Gasteiger partial charge in [0.1, 0.15) is 6.61 Å². The summed E-state index contributed by atoms with van der Waals surface area (Å²) in [7, 11) is 0. The number of hydrogen-bond donors (Lipinski definition) is 1. The molecule has 1 aromatic heterocycles. The van der Waals surface area contributed by atoms with E-state index in [0.717, 1.165) is 16.7 Å². The molecule has 0 saturated heterocycles. The molecule has 2 rings (SSSR count). The van der Waals surface area contributed by atoms with Crippen LogP contribution in [0, 0.1) is 11.7 Å². The van der Waals surface area contributed by atoms with E-state index in [1.54, 1.807) is 12.1 Å². The molecule has 6 heteroatoms. The van der Waals surface area contributed by atoms with Crippen LogP contribution >= 0.6 is 15.9 Å². The molecule has 0 aliphatic rings. The Hall–Kier alpha value is -1.40. The number of ether oxygens (including phenoxy) is 1. The Bertz CT molecular complexity index is 587. The van der Waals surface area contributed by atoms with Crippen LogP contribution in [0.3, 0.4) is 0 Å². The molecule has 0 aliphatic carbocycles. The van der Waals surface area contributed by atoms with E-state index < -0.39 is 5.82 Å². The van der Waals surface area contributed by atoms with Gasteiger partial charge in [-0.05, 0) is 30.7 Å². The molecular weight excluding hydrogens is 339 g/mol. The van der Waals surface area contributed by atoms with Crippen LogP contribution in [-0.2, 0) is 13.2 Å². The van der Waals surface area contributed by atoms with Gasteiger partial charge >= 0.3 is 0 Å². The monoisotopic (exact) mass is 356 g/mol. The van der Waals surface area contributed by atoms with E-state index in [-0.39, 0.29) is 12.4 Å². The fourth-order valence-electron chi connectivity index (χ4n) is 1.73. The van der Waals surface area contributed by atoms with Gasteiger partial charge in [-0.25, -0.2) is 4.39 Å². The molecule has 2 aromatic rings. The lowest BCUT2D eigenvalue weighted by atomic mass is 10.2. The van der Waals surface area contributed by atoms with Gasteiger partial charge in [-0.3, -0.25) is 0 Å². The lowest BCUT2D eigenvalue weighted by Crippen LogP contribution is -2.19. The van der Waals surface area contributed by atoms with Crippen LogP contribution in [0.4, 0.5) is 4.39 Å². The number of nitrogens with one attached hydrogen (secondary N) is 1. The van der Waals surface area contributed by atoms with Gasteiger partial charge < -0.3 is 14.6 Å². The highest BCUT2D eigenvalue weighted by Crippen LogP contribution is 2.23. The lowest BCUT2D eigenvalue weighted by molar-refractivity contribution is 0.239. The highest BCUT2D eigenvalue weighted by atomic mass is 79.9. The Morgan fingerprint density at radius 1 is 1.38 bits per heavy atom. The molecule has 0 amide bonds. The predicted octanol–water partition coefficient (Wildman–Crippen LogP) is 3.90. The lowest BCUT2D eigenvalue weighted by Gasteiger charge is -2.05. The summed E-state index contributed by atoms with van der Waals surface area (Å²) in [5.74, 6) is 0.923. The molecule has 0 spiro atoms. The number of benzene rings is 1. The first-order valence-electron chi connectivity index (χ1n) is 6.77. The number of hydrogen-bond acceptors (Lipinski definition) is 4. The van der Waals surface area contributed by atoms with Gasteiger partial charge in [-0.1, -0.05) is 34.9 Å². The Labute approximate surface area is 131 Å². The highest BCUT2D eigenvalue weighted by Gasteiger charge is 2.08. The van der Waals surface area contributed by atoms with E-state index in [9.17, 15) is 4.39 Å². The van der Waals surface area contributed by atoms with Gasteiger partial charge in [0.05, 0.1) is 5.69 Å². The molecule has 1 aromatic carbocycles. The van der Waals surface area contributed by atoms with Crippen LogP contribution in [0.5, 0.6) is 5.75 Å². The molecule has 0 unspecified atom stereocenters. The van der Waals surface area contributed by atoms with Gasteiger partial charge in [0.15, 0.2) is 17.3 Å². The Morgan fingerprint density at radius 2 is 2.19 bits per heavy atom. The molecular formula is C15H18BrFN2O2. The predicted molar refractivity (Wildman–Crippen MR) is 81.5 cm³/mol. The minimum atomic E-state index is -0.406. The standard InChI is InChI=1S/C15H18BrFN2O2/c1-10(2)7-18-8-12-6-13(21-19-12)9-20-15-5-11(16)3-4-14(15)17/h3-6,10,18H,7-9H2,1-2H3. The Morgan fingerprint density at radius 3 is 2.95 bits per heavy atom. The van der Waals surface area contributed by atoms with Crippen molar-refractivity contribution in [1.29, 1.82) is 0 Å². The summed E-state index contributed by atoms with van der Waals surface area (Å²) >= 11 is 3.28. The van der Waals surface area contributed by atoms with Gasteiger partial charge in [0.25, 0.3) is 0 Å². The topological polar surface area (TPSA) is 47.3 Å². The van der Waals surface area contributed by atoms with E-state index in [4.69, 9.17) is 9.26 Å². The average molecular weight is 357 g/mol. The van der Waals surface area contributed by atoms with Gasteiger partial charge in [0, 0.05) is 17.1 Å². The second-order valence-electron chi connectivity index (χ2n) is 5.17. The maximum atomic E-state index is 13.5. The summed E-state index contributed by atoms with van der Waals surface area (Å²) in [4.78, 5) is 0. The van der Waals surface area contributed by atoms with E-state index >= 15 is 0 Å². The molecule has 4 nitrogen and oxygen atoms in total. The number of rotatable bonds is 7. The zero-order valence-electron chi connectivity index (χ0n) is 12.0. The molecule has 0 atom stereocenters. The van der Waals surface area contributed by atoms with Crippen molar-refractivity contribution in [3.8, 4) is 5.75 Å². The molecule has 0 aliphatic heterocycles. The first-order chi connectivity index (χ1) is 10.0. The molecule has 0 radical (unpaired) electrons. The highest BCUT2D eigenvalue weighted by molar-refractivity contribution is 9.10. The largest absolute Gasteiger partial charge is 0.482 e. The van der Waals surface area contributed by atoms with E-state index in [1.807, 2.05) is 6.07 Å². The minimum Gasteiger partial charge on any atom is -0.482 e. The van der Waals surface area contributed by atoms with Gasteiger partial charge in [0.2, 0.25) is 0 Å². The average Bonchev–Trinajstić information content (AvgIpc) is 2.87. The van der Waals surface area contributed by atoms with E-state index in [0.29, 0.717) is 18.2 Å². The Kier molecular flexibility index (Phi) is 5.76. The van der Waals surface area contributed by atoms with Crippen molar-refractivity contribution in [1.82, 2.24) is 10.5 Å². The fourth-order valence-corrected chi connectivity index (χ4v) is 2.07. The first-order valence-corrected chi connectivity index (χ1v) is 7.57. The summed E-state index contributed by atoms with van der Waals surface area (Å²) in [5, 5.41) is 7.22. The third-order valence-corrected chi connectivity index (χ3v) is 3.22. The maximum Gasteiger partial charge on any atom is 0.174 e. The molecule has 0 bridgehead atoms.